The number of benzene rings is 1. The first kappa shape index (κ1) is 17.7. The van der Waals surface area contributed by atoms with Crippen molar-refractivity contribution in [2.45, 2.75) is 77.6 Å². The van der Waals surface area contributed by atoms with Crippen LogP contribution in [0.4, 0.5) is 0 Å². The van der Waals surface area contributed by atoms with E-state index in [2.05, 4.69) is 52.0 Å². The predicted molar refractivity (Wildman–Crippen MR) is 100 cm³/mol. The molecule has 0 saturated heterocycles. The van der Waals surface area contributed by atoms with Crippen molar-refractivity contribution < 1.29 is 0 Å². The molecule has 114 valence electrons. The normalized spacial score (nSPS) is 11.5. The molecule has 0 atom stereocenters. The molecule has 0 aliphatic heterocycles. The van der Waals surface area contributed by atoms with Gasteiger partial charge in [-0.3, -0.25) is 0 Å². The van der Waals surface area contributed by atoms with Crippen LogP contribution in [0.1, 0.15) is 53.4 Å². The van der Waals surface area contributed by atoms with E-state index in [9.17, 15) is 0 Å². The summed E-state index contributed by atoms with van der Waals surface area (Å²) in [5.41, 5.74) is 0. The molecule has 0 aliphatic rings. The van der Waals surface area contributed by atoms with Crippen LogP contribution >= 0.6 is 0 Å². The van der Waals surface area contributed by atoms with Crippen LogP contribution in [-0.4, -0.2) is 17.6 Å². The number of rotatable bonds is 10. The van der Waals surface area contributed by atoms with Crippen molar-refractivity contribution in [1.82, 2.24) is 0 Å². The fourth-order valence-corrected chi connectivity index (χ4v) is 11.5. The van der Waals surface area contributed by atoms with Crippen LogP contribution in [0.2, 0.25) is 24.2 Å². The molecule has 0 nitrogen and oxygen atoms in total. The minimum absolute atomic E-state index is 0.703. The first-order valence-corrected chi connectivity index (χ1v) is 13.3. The average molecular weight is 307 g/mol. The molecule has 1 aromatic rings. The highest BCUT2D eigenvalue weighted by molar-refractivity contribution is 6.84. The molecule has 1 rings (SSSR count). The lowest BCUT2D eigenvalue weighted by Crippen LogP contribution is -2.48. The molecule has 0 unspecified atom stereocenters. The van der Waals surface area contributed by atoms with Gasteiger partial charge in [-0.15, -0.1) is 0 Å². The van der Waals surface area contributed by atoms with E-state index >= 15 is 0 Å². The van der Waals surface area contributed by atoms with Gasteiger partial charge in [0.1, 0.15) is 0 Å². The fraction of sp³-hybridized carbons (Fsp3) is 0.667. The zero-order chi connectivity index (χ0) is 14.8. The van der Waals surface area contributed by atoms with E-state index in [1.54, 1.807) is 0 Å². The number of hydrogen-bond acceptors (Lipinski definition) is 0. The van der Waals surface area contributed by atoms with Gasteiger partial charge in [-0.1, -0.05) is 112 Å². The van der Waals surface area contributed by atoms with Gasteiger partial charge in [0.2, 0.25) is 0 Å². The molecule has 0 saturated carbocycles. The first-order chi connectivity index (χ1) is 9.78. The molecule has 0 N–H and O–H groups in total. The van der Waals surface area contributed by atoms with Crippen LogP contribution in [-0.2, 0) is 0 Å². The third-order valence-electron chi connectivity index (χ3n) is 4.42. The van der Waals surface area contributed by atoms with E-state index in [-0.39, 0.29) is 0 Å². The summed E-state index contributed by atoms with van der Waals surface area (Å²) in [4.78, 5) is 0. The monoisotopic (exact) mass is 306 g/mol. The summed E-state index contributed by atoms with van der Waals surface area (Å²) in [6, 6.07) is 15.6. The fourth-order valence-electron chi connectivity index (χ4n) is 3.56. The second-order valence-electron chi connectivity index (χ2n) is 6.18. The molecule has 20 heavy (non-hydrogen) atoms. The molecular formula is C18H34Si2. The van der Waals surface area contributed by atoms with Gasteiger partial charge in [0.05, 0.1) is 17.6 Å². The molecule has 0 spiro atoms. The largest absolute Gasteiger partial charge is 0.0706 e. The van der Waals surface area contributed by atoms with Crippen LogP contribution in [0.5, 0.6) is 0 Å². The SMILES string of the molecule is CCC[SiH](CCC)c1ccccc1[SiH](CCC)CCC. The summed E-state index contributed by atoms with van der Waals surface area (Å²) in [6.07, 6.45) is 5.50. The Kier molecular flexibility index (Phi) is 9.20. The summed E-state index contributed by atoms with van der Waals surface area (Å²) in [5.74, 6) is 0. The van der Waals surface area contributed by atoms with Gasteiger partial charge in [0, 0.05) is 0 Å². The van der Waals surface area contributed by atoms with Gasteiger partial charge in [0.25, 0.3) is 0 Å². The molecule has 0 heterocycles. The van der Waals surface area contributed by atoms with Gasteiger partial charge < -0.3 is 0 Å². The third kappa shape index (κ3) is 5.21. The molecule has 0 amide bonds. The van der Waals surface area contributed by atoms with Crippen LogP contribution in [0.15, 0.2) is 24.3 Å². The maximum Gasteiger partial charge on any atom is 0.0706 e. The summed E-state index contributed by atoms with van der Waals surface area (Å²) >= 11 is 0. The Labute approximate surface area is 130 Å². The molecular weight excluding hydrogens is 272 g/mol. The molecule has 0 aliphatic carbocycles. The summed E-state index contributed by atoms with van der Waals surface area (Å²) in [7, 11) is -1.41. The van der Waals surface area contributed by atoms with E-state index in [1.807, 2.05) is 10.4 Å². The second kappa shape index (κ2) is 10.4. The van der Waals surface area contributed by atoms with E-state index < -0.39 is 17.6 Å². The van der Waals surface area contributed by atoms with Crippen molar-refractivity contribution in [3.05, 3.63) is 24.3 Å². The Balaban J connectivity index is 3.04. The van der Waals surface area contributed by atoms with Gasteiger partial charge in [-0.05, 0) is 0 Å². The van der Waals surface area contributed by atoms with Crippen molar-refractivity contribution >= 4 is 28.0 Å². The Hall–Kier alpha value is -0.346. The lowest BCUT2D eigenvalue weighted by atomic mass is 10.4. The molecule has 0 bridgehead atoms. The Bertz CT molecular complexity index is 315. The first-order valence-electron chi connectivity index (χ1n) is 8.87. The van der Waals surface area contributed by atoms with Gasteiger partial charge in [0.15, 0.2) is 0 Å². The number of hydrogen-bond donors (Lipinski definition) is 0. The summed E-state index contributed by atoms with van der Waals surface area (Å²) < 4.78 is 0. The maximum absolute atomic E-state index is 2.50. The second-order valence-corrected chi connectivity index (χ2v) is 12.5. The minimum atomic E-state index is -0.703. The van der Waals surface area contributed by atoms with Crippen molar-refractivity contribution in [3.63, 3.8) is 0 Å². The highest BCUT2D eigenvalue weighted by Crippen LogP contribution is 2.10. The molecule has 0 aromatic heterocycles. The molecule has 0 fully saturated rings. The highest BCUT2D eigenvalue weighted by Gasteiger charge is 2.20. The maximum atomic E-state index is 2.50. The minimum Gasteiger partial charge on any atom is -0.0656 e. The zero-order valence-electron chi connectivity index (χ0n) is 14.1. The standard InChI is InChI=1S/C18H34Si2/c1-5-13-19(14-6-2)17-11-9-10-12-18(17)20(15-7-3)16-8-4/h9-12,19-20H,5-8,13-16H2,1-4H3. The summed E-state index contributed by atoms with van der Waals surface area (Å²) in [5, 5.41) is 3.71. The quantitative estimate of drug-likeness (QED) is 0.569. The lowest BCUT2D eigenvalue weighted by molar-refractivity contribution is 1.01. The van der Waals surface area contributed by atoms with Crippen molar-refractivity contribution in [2.24, 2.45) is 0 Å². The van der Waals surface area contributed by atoms with E-state index in [4.69, 9.17) is 0 Å². The van der Waals surface area contributed by atoms with Crippen LogP contribution < -0.4 is 10.4 Å². The predicted octanol–water partition coefficient (Wildman–Crippen LogP) is 4.19. The molecule has 0 radical (unpaired) electrons. The topological polar surface area (TPSA) is 0 Å². The van der Waals surface area contributed by atoms with Crippen molar-refractivity contribution in [1.29, 1.82) is 0 Å². The Morgan fingerprint density at radius 2 is 0.900 bits per heavy atom. The van der Waals surface area contributed by atoms with Crippen LogP contribution in [0, 0.1) is 0 Å². The van der Waals surface area contributed by atoms with Gasteiger partial charge >= 0.3 is 0 Å². The highest BCUT2D eigenvalue weighted by atomic mass is 28.3. The van der Waals surface area contributed by atoms with Crippen LogP contribution in [0.25, 0.3) is 0 Å². The third-order valence-corrected chi connectivity index (χ3v) is 12.7. The van der Waals surface area contributed by atoms with Crippen LogP contribution in [0.3, 0.4) is 0 Å². The molecule has 1 aromatic carbocycles. The lowest BCUT2D eigenvalue weighted by Gasteiger charge is -2.23. The molecule has 2 heteroatoms. The summed E-state index contributed by atoms with van der Waals surface area (Å²) in [6.45, 7) is 9.47. The zero-order valence-corrected chi connectivity index (χ0v) is 16.4. The smallest absolute Gasteiger partial charge is 0.0656 e. The van der Waals surface area contributed by atoms with Crippen molar-refractivity contribution in [2.75, 3.05) is 0 Å². The van der Waals surface area contributed by atoms with E-state index in [0.29, 0.717) is 0 Å². The van der Waals surface area contributed by atoms with Gasteiger partial charge in [-0.25, -0.2) is 0 Å². The Morgan fingerprint density at radius 1 is 0.600 bits per heavy atom. The average Bonchev–Trinajstić information content (AvgIpc) is 2.47. The van der Waals surface area contributed by atoms with E-state index in [1.165, 1.54) is 49.9 Å². The Morgan fingerprint density at radius 3 is 1.15 bits per heavy atom. The van der Waals surface area contributed by atoms with E-state index in [0.717, 1.165) is 0 Å². The van der Waals surface area contributed by atoms with Gasteiger partial charge in [-0.2, -0.15) is 0 Å². The van der Waals surface area contributed by atoms with Crippen molar-refractivity contribution in [3.8, 4) is 0 Å².